The van der Waals surface area contributed by atoms with Crippen LogP contribution in [0.5, 0.6) is 0 Å². The number of rotatable bonds is 17. The molecule has 0 aliphatic heterocycles. The number of aliphatic hydroxyl groups excluding tert-OH is 3. The van der Waals surface area contributed by atoms with E-state index in [1.54, 1.807) is 5.57 Å². The first-order chi connectivity index (χ1) is 20.0. The predicted molar refractivity (Wildman–Crippen MR) is 186 cm³/mol. The van der Waals surface area contributed by atoms with Crippen molar-refractivity contribution >= 4 is 0 Å². The van der Waals surface area contributed by atoms with E-state index in [-0.39, 0.29) is 16.9 Å². The van der Waals surface area contributed by atoms with Crippen molar-refractivity contribution < 1.29 is 15.3 Å². The van der Waals surface area contributed by atoms with Crippen molar-refractivity contribution in [3.63, 3.8) is 0 Å². The van der Waals surface area contributed by atoms with E-state index in [2.05, 4.69) is 93.5 Å². The van der Waals surface area contributed by atoms with E-state index in [4.69, 9.17) is 0 Å². The van der Waals surface area contributed by atoms with Crippen molar-refractivity contribution in [2.24, 2.45) is 34.5 Å². The molecule has 2 rings (SSSR count). The van der Waals surface area contributed by atoms with Gasteiger partial charge in [0.2, 0.25) is 0 Å². The van der Waals surface area contributed by atoms with Crippen molar-refractivity contribution in [3.05, 3.63) is 46.6 Å². The van der Waals surface area contributed by atoms with Crippen LogP contribution in [0.4, 0.5) is 0 Å². The molecule has 248 valence electrons. The van der Waals surface area contributed by atoms with Crippen LogP contribution in [0.3, 0.4) is 0 Å². The van der Waals surface area contributed by atoms with Gasteiger partial charge in [-0.3, -0.25) is 0 Å². The highest BCUT2D eigenvalue weighted by Gasteiger charge is 2.41. The second kappa shape index (κ2) is 17.5. The number of aliphatic hydroxyl groups is 3. The Labute approximate surface area is 267 Å². The molecule has 2 aliphatic rings. The lowest BCUT2D eigenvalue weighted by Crippen LogP contribution is -2.44. The zero-order chi connectivity index (χ0) is 32.4. The lowest BCUT2D eigenvalue weighted by molar-refractivity contribution is -0.0470. The average molecular weight is 599 g/mol. The highest BCUT2D eigenvalue weighted by molar-refractivity contribution is 5.26. The predicted octanol–water partition coefficient (Wildman–Crippen LogP) is 10.5. The fourth-order valence-corrected chi connectivity index (χ4v) is 7.92. The minimum absolute atomic E-state index is 0.135. The van der Waals surface area contributed by atoms with Crippen molar-refractivity contribution in [2.45, 2.75) is 171 Å². The van der Waals surface area contributed by atoms with Crippen LogP contribution in [-0.2, 0) is 0 Å². The Bertz CT molecular complexity index is 964. The van der Waals surface area contributed by atoms with Gasteiger partial charge in [-0.25, -0.2) is 0 Å². The molecule has 0 bridgehead atoms. The maximum atomic E-state index is 10.5. The van der Waals surface area contributed by atoms with Gasteiger partial charge in [0.1, 0.15) is 0 Å². The molecule has 0 heterocycles. The van der Waals surface area contributed by atoms with E-state index in [1.165, 1.54) is 61.7 Å². The second-order valence-electron chi connectivity index (χ2n) is 16.3. The summed E-state index contributed by atoms with van der Waals surface area (Å²) < 4.78 is 0. The molecule has 43 heavy (non-hydrogen) atoms. The largest absolute Gasteiger partial charge is 0.393 e. The van der Waals surface area contributed by atoms with Crippen LogP contribution in [0.2, 0.25) is 0 Å². The second-order valence-corrected chi connectivity index (χ2v) is 16.3. The van der Waals surface area contributed by atoms with Crippen LogP contribution in [0.25, 0.3) is 0 Å². The van der Waals surface area contributed by atoms with Gasteiger partial charge in [-0.05, 0) is 107 Å². The maximum absolute atomic E-state index is 10.5. The molecule has 0 radical (unpaired) electrons. The summed E-state index contributed by atoms with van der Waals surface area (Å²) >= 11 is 0. The minimum Gasteiger partial charge on any atom is -0.393 e. The SMILES string of the molecule is CC1=C(CCC(C)C/C=C/C(C)C/C=C/CC(C)CCCC(C)CCC2=C(C)C[C@@H](O)[C@H](O)C2(C)C)C(C)(C)C[C@H](O)C1. The molecule has 0 saturated heterocycles. The zero-order valence-electron chi connectivity index (χ0n) is 29.9. The van der Waals surface area contributed by atoms with E-state index in [1.807, 2.05) is 0 Å². The molecule has 2 aliphatic carbocycles. The van der Waals surface area contributed by atoms with Gasteiger partial charge >= 0.3 is 0 Å². The molecule has 0 aromatic carbocycles. The Morgan fingerprint density at radius 2 is 1.23 bits per heavy atom. The lowest BCUT2D eigenvalue weighted by Gasteiger charge is -2.42. The summed E-state index contributed by atoms with van der Waals surface area (Å²) in [5, 5.41) is 30.9. The summed E-state index contributed by atoms with van der Waals surface area (Å²) in [6, 6.07) is 0. The summed E-state index contributed by atoms with van der Waals surface area (Å²) in [6.45, 7) is 22.6. The number of hydrogen-bond donors (Lipinski definition) is 3. The number of allylic oxidation sites excluding steroid dienone is 5. The molecule has 0 aromatic heterocycles. The molecule has 0 aromatic rings. The summed E-state index contributed by atoms with van der Waals surface area (Å²) in [6.07, 6.45) is 22.4. The molecule has 3 heteroatoms. The average Bonchev–Trinajstić information content (AvgIpc) is 2.88. The van der Waals surface area contributed by atoms with Gasteiger partial charge in [-0.2, -0.15) is 0 Å². The molecule has 0 fully saturated rings. The van der Waals surface area contributed by atoms with Crippen LogP contribution in [0, 0.1) is 34.5 Å². The van der Waals surface area contributed by atoms with Crippen molar-refractivity contribution in [1.29, 1.82) is 0 Å². The van der Waals surface area contributed by atoms with Crippen LogP contribution < -0.4 is 0 Å². The third kappa shape index (κ3) is 12.3. The lowest BCUT2D eigenvalue weighted by atomic mass is 9.67. The third-order valence-corrected chi connectivity index (χ3v) is 10.9. The summed E-state index contributed by atoms with van der Waals surface area (Å²) in [5.74, 6) is 2.69. The monoisotopic (exact) mass is 599 g/mol. The van der Waals surface area contributed by atoms with Crippen LogP contribution in [0.1, 0.15) is 153 Å². The van der Waals surface area contributed by atoms with Gasteiger partial charge in [0.05, 0.1) is 18.3 Å². The molecule has 7 atom stereocenters. The first-order valence-electron chi connectivity index (χ1n) is 17.8. The fourth-order valence-electron chi connectivity index (χ4n) is 7.92. The molecule has 0 amide bonds. The molecule has 0 spiro atoms. The molecule has 0 saturated carbocycles. The fraction of sp³-hybridized carbons (Fsp3) is 0.800. The first kappa shape index (κ1) is 38.0. The standard InChI is InChI=1S/C40H70O3/c1-28(17-13-19-30(3)21-23-35-32(5)25-34(41)27-39(35,7)8)15-11-12-16-29(2)18-14-20-31(4)22-24-36-33(6)26-37(42)38(43)40(36,9)10/h11-13,17,28-31,34,37-38,41-43H,14-16,18-27H2,1-10H3/b12-11+,17-13+/t28?,29?,30?,31?,34-,37-,38+/m1/s1. The van der Waals surface area contributed by atoms with Gasteiger partial charge in [0.25, 0.3) is 0 Å². The number of hydrogen-bond acceptors (Lipinski definition) is 3. The molecule has 3 nitrogen and oxygen atoms in total. The summed E-state index contributed by atoms with van der Waals surface area (Å²) in [7, 11) is 0. The first-order valence-corrected chi connectivity index (χ1v) is 17.8. The summed E-state index contributed by atoms with van der Waals surface area (Å²) in [5.41, 5.74) is 5.46. The van der Waals surface area contributed by atoms with Gasteiger partial charge in [-0.15, -0.1) is 0 Å². The zero-order valence-corrected chi connectivity index (χ0v) is 29.9. The molecule has 3 N–H and O–H groups in total. The smallest absolute Gasteiger partial charge is 0.0890 e. The Kier molecular flexibility index (Phi) is 15.5. The Morgan fingerprint density at radius 1 is 0.698 bits per heavy atom. The minimum atomic E-state index is -0.660. The van der Waals surface area contributed by atoms with Gasteiger partial charge < -0.3 is 15.3 Å². The highest BCUT2D eigenvalue weighted by Crippen LogP contribution is 2.44. The van der Waals surface area contributed by atoms with E-state index in [0.717, 1.165) is 38.0 Å². The topological polar surface area (TPSA) is 60.7 Å². The maximum Gasteiger partial charge on any atom is 0.0890 e. The van der Waals surface area contributed by atoms with Crippen molar-refractivity contribution in [3.8, 4) is 0 Å². The van der Waals surface area contributed by atoms with E-state index < -0.39 is 12.2 Å². The van der Waals surface area contributed by atoms with E-state index in [9.17, 15) is 15.3 Å². The molecular formula is C40H70O3. The van der Waals surface area contributed by atoms with Crippen molar-refractivity contribution in [2.75, 3.05) is 0 Å². The van der Waals surface area contributed by atoms with Gasteiger partial charge in [-0.1, -0.05) is 121 Å². The van der Waals surface area contributed by atoms with Crippen LogP contribution in [0.15, 0.2) is 46.6 Å². The molecular weight excluding hydrogens is 528 g/mol. The Balaban J connectivity index is 1.60. The van der Waals surface area contributed by atoms with Gasteiger partial charge in [0, 0.05) is 5.41 Å². The Hall–Kier alpha value is -1.16. The summed E-state index contributed by atoms with van der Waals surface area (Å²) in [4.78, 5) is 0. The third-order valence-electron chi connectivity index (χ3n) is 10.9. The van der Waals surface area contributed by atoms with Crippen LogP contribution in [-0.4, -0.2) is 33.6 Å². The van der Waals surface area contributed by atoms with Gasteiger partial charge in [0.15, 0.2) is 0 Å². The van der Waals surface area contributed by atoms with E-state index in [0.29, 0.717) is 24.2 Å². The van der Waals surface area contributed by atoms with Crippen LogP contribution >= 0.6 is 0 Å². The van der Waals surface area contributed by atoms with Crippen molar-refractivity contribution in [1.82, 2.24) is 0 Å². The normalized spacial score (nSPS) is 27.2. The highest BCUT2D eigenvalue weighted by atomic mass is 16.3. The Morgan fingerprint density at radius 3 is 1.91 bits per heavy atom. The van der Waals surface area contributed by atoms with E-state index >= 15 is 0 Å². The molecule has 4 unspecified atom stereocenters. The quantitative estimate of drug-likeness (QED) is 0.146.